The summed E-state index contributed by atoms with van der Waals surface area (Å²) in [5.74, 6) is -1.77. The fourth-order valence-electron chi connectivity index (χ4n) is 0.615. The van der Waals surface area contributed by atoms with Gasteiger partial charge in [0, 0.05) is 33.1 Å². The van der Waals surface area contributed by atoms with Gasteiger partial charge in [-0.2, -0.15) is 0 Å². The molecule has 0 spiro atoms. The number of hydrogen-bond donors (Lipinski definition) is 5. The van der Waals surface area contributed by atoms with E-state index in [4.69, 9.17) is 15.9 Å². The summed E-state index contributed by atoms with van der Waals surface area (Å²) in [5.41, 5.74) is 5.21. The van der Waals surface area contributed by atoms with Crippen LogP contribution in [0.4, 0.5) is 0 Å². The molecule has 5 heteroatoms. The Morgan fingerprint density at radius 1 is 1.27 bits per heavy atom. The molecule has 0 atom stereocenters. The van der Waals surface area contributed by atoms with Crippen LogP contribution in [0.5, 0.6) is 0 Å². The van der Waals surface area contributed by atoms with Crippen LogP contribution in [0, 0.1) is 0 Å². The minimum absolute atomic E-state index is 0.503. The predicted molar refractivity (Wildman–Crippen MR) is 42.8 cm³/mol. The van der Waals surface area contributed by atoms with Crippen LogP contribution in [0.15, 0.2) is 0 Å². The topological polar surface area (TPSA) is 90.5 Å². The second-order valence-electron chi connectivity index (χ2n) is 2.49. The van der Waals surface area contributed by atoms with E-state index in [1.165, 1.54) is 6.92 Å². The van der Waals surface area contributed by atoms with Gasteiger partial charge in [0.1, 0.15) is 0 Å². The summed E-state index contributed by atoms with van der Waals surface area (Å²) < 4.78 is 0. The van der Waals surface area contributed by atoms with Crippen LogP contribution in [0.1, 0.15) is 6.92 Å². The molecule has 0 aromatic rings. The van der Waals surface area contributed by atoms with Gasteiger partial charge in [-0.25, -0.2) is 0 Å². The second kappa shape index (κ2) is 5.45. The third-order valence-electron chi connectivity index (χ3n) is 1.08. The molecule has 0 unspecified atom stereocenters. The maximum absolute atomic E-state index is 8.77. The smallest absolute Gasteiger partial charge is 0.219 e. The van der Waals surface area contributed by atoms with Crippen molar-refractivity contribution in [3.63, 3.8) is 0 Å². The van der Waals surface area contributed by atoms with Gasteiger partial charge in [0.2, 0.25) is 5.91 Å². The Balaban J connectivity index is 3.02. The van der Waals surface area contributed by atoms with Crippen LogP contribution in [0.2, 0.25) is 0 Å². The van der Waals surface area contributed by atoms with Gasteiger partial charge in [-0.3, -0.25) is 5.32 Å². The molecule has 0 heterocycles. The van der Waals surface area contributed by atoms with E-state index in [2.05, 4.69) is 10.6 Å². The zero-order valence-corrected chi connectivity index (χ0v) is 6.80. The quantitative estimate of drug-likeness (QED) is 0.226. The summed E-state index contributed by atoms with van der Waals surface area (Å²) in [6, 6.07) is 0. The molecule has 0 rings (SSSR count). The van der Waals surface area contributed by atoms with Gasteiger partial charge in [-0.15, -0.1) is 0 Å². The average molecular weight is 163 g/mol. The molecule has 0 aliphatic heterocycles. The van der Waals surface area contributed by atoms with Crippen molar-refractivity contribution in [3.05, 3.63) is 0 Å². The number of rotatable bonds is 6. The predicted octanol–water partition coefficient (Wildman–Crippen LogP) is -2.22. The van der Waals surface area contributed by atoms with E-state index in [-0.39, 0.29) is 0 Å². The Bertz CT molecular complexity index is 92.3. The third kappa shape index (κ3) is 9.80. The minimum Gasteiger partial charge on any atom is -0.354 e. The molecule has 0 amide bonds. The van der Waals surface area contributed by atoms with Crippen LogP contribution in [0.25, 0.3) is 0 Å². The first-order valence-electron chi connectivity index (χ1n) is 3.67. The Kier molecular flexibility index (Phi) is 5.35. The van der Waals surface area contributed by atoms with E-state index >= 15 is 0 Å². The molecule has 0 aliphatic carbocycles. The van der Waals surface area contributed by atoms with Crippen LogP contribution in [-0.2, 0) is 0 Å². The molecule has 0 bridgehead atoms. The van der Waals surface area contributed by atoms with Gasteiger partial charge in [0.15, 0.2) is 0 Å². The molecule has 0 saturated heterocycles. The lowest BCUT2D eigenvalue weighted by molar-refractivity contribution is -0.168. The number of nitrogens with one attached hydrogen (secondary N) is 2. The van der Waals surface area contributed by atoms with Crippen molar-refractivity contribution in [2.75, 3.05) is 26.2 Å². The van der Waals surface area contributed by atoms with Gasteiger partial charge in [-0.1, -0.05) is 0 Å². The maximum Gasteiger partial charge on any atom is 0.219 e. The first kappa shape index (κ1) is 10.8. The highest BCUT2D eigenvalue weighted by molar-refractivity contribution is 4.56. The molecule has 0 fully saturated rings. The fraction of sp³-hybridized carbons (Fsp3) is 1.00. The van der Waals surface area contributed by atoms with Crippen LogP contribution in [-0.4, -0.2) is 42.3 Å². The number of hydrogen-bond acceptors (Lipinski definition) is 5. The van der Waals surface area contributed by atoms with E-state index in [9.17, 15) is 0 Å². The Morgan fingerprint density at radius 3 is 2.36 bits per heavy atom. The molecule has 11 heavy (non-hydrogen) atoms. The van der Waals surface area contributed by atoms with E-state index in [0.717, 1.165) is 6.54 Å². The highest BCUT2D eigenvalue weighted by Gasteiger charge is 2.11. The lowest BCUT2D eigenvalue weighted by Gasteiger charge is -2.17. The number of nitrogens with two attached hydrogens (primary N) is 1. The standard InChI is InChI=1S/C6H17N3O2/c1-6(10,11)9-5-4-8-3-2-7/h8-11H,2-5,7H2,1H3. The molecule has 5 nitrogen and oxygen atoms in total. The Hall–Kier alpha value is -0.200. The van der Waals surface area contributed by atoms with E-state index in [1.54, 1.807) is 0 Å². The fourth-order valence-corrected chi connectivity index (χ4v) is 0.615. The molecule has 6 N–H and O–H groups in total. The first-order valence-corrected chi connectivity index (χ1v) is 3.67. The van der Waals surface area contributed by atoms with Crippen molar-refractivity contribution >= 4 is 0 Å². The van der Waals surface area contributed by atoms with Crippen LogP contribution in [0.3, 0.4) is 0 Å². The second-order valence-corrected chi connectivity index (χ2v) is 2.49. The molecular formula is C6H17N3O2. The van der Waals surface area contributed by atoms with Crippen LogP contribution < -0.4 is 16.4 Å². The van der Waals surface area contributed by atoms with E-state index in [1.807, 2.05) is 0 Å². The van der Waals surface area contributed by atoms with Gasteiger partial charge in [0.25, 0.3) is 0 Å². The number of aliphatic hydroxyl groups is 2. The first-order chi connectivity index (χ1) is 5.06. The summed E-state index contributed by atoms with van der Waals surface area (Å²) in [6.45, 7) is 3.79. The maximum atomic E-state index is 8.77. The zero-order valence-electron chi connectivity index (χ0n) is 6.80. The van der Waals surface area contributed by atoms with Gasteiger partial charge in [0.05, 0.1) is 0 Å². The van der Waals surface area contributed by atoms with E-state index < -0.39 is 5.91 Å². The highest BCUT2D eigenvalue weighted by Crippen LogP contribution is 1.86. The lowest BCUT2D eigenvalue weighted by Crippen LogP contribution is -2.45. The highest BCUT2D eigenvalue weighted by atomic mass is 16.5. The van der Waals surface area contributed by atoms with Gasteiger partial charge >= 0.3 is 0 Å². The molecule has 0 radical (unpaired) electrons. The Labute approximate surface area is 66.6 Å². The monoisotopic (exact) mass is 163 g/mol. The molecule has 0 aromatic heterocycles. The van der Waals surface area contributed by atoms with Crippen molar-refractivity contribution in [2.45, 2.75) is 12.8 Å². The minimum atomic E-state index is -1.77. The third-order valence-corrected chi connectivity index (χ3v) is 1.08. The Morgan fingerprint density at radius 2 is 1.91 bits per heavy atom. The van der Waals surface area contributed by atoms with Crippen molar-refractivity contribution in [1.29, 1.82) is 0 Å². The van der Waals surface area contributed by atoms with Gasteiger partial charge < -0.3 is 21.3 Å². The van der Waals surface area contributed by atoms with Crippen molar-refractivity contribution in [2.24, 2.45) is 5.73 Å². The summed E-state index contributed by atoms with van der Waals surface area (Å²) in [4.78, 5) is 0. The van der Waals surface area contributed by atoms with Crippen molar-refractivity contribution < 1.29 is 10.2 Å². The van der Waals surface area contributed by atoms with Gasteiger partial charge in [-0.05, 0) is 0 Å². The molecule has 0 aromatic carbocycles. The normalized spacial score (nSPS) is 12.0. The van der Waals surface area contributed by atoms with Crippen molar-refractivity contribution in [1.82, 2.24) is 10.6 Å². The molecule has 0 aliphatic rings. The molecule has 68 valence electrons. The summed E-state index contributed by atoms with van der Waals surface area (Å²) in [5, 5.41) is 23.0. The summed E-state index contributed by atoms with van der Waals surface area (Å²) in [6.07, 6.45) is 0. The summed E-state index contributed by atoms with van der Waals surface area (Å²) >= 11 is 0. The average Bonchev–Trinajstić information content (AvgIpc) is 1.85. The van der Waals surface area contributed by atoms with E-state index in [0.29, 0.717) is 19.6 Å². The zero-order chi connectivity index (χ0) is 8.74. The van der Waals surface area contributed by atoms with Crippen LogP contribution >= 0.6 is 0 Å². The SMILES string of the molecule is CC(O)(O)NCCNCCN. The lowest BCUT2D eigenvalue weighted by atomic mass is 10.5. The molecular weight excluding hydrogens is 146 g/mol. The van der Waals surface area contributed by atoms with Crippen molar-refractivity contribution in [3.8, 4) is 0 Å². The summed E-state index contributed by atoms with van der Waals surface area (Å²) in [7, 11) is 0. The largest absolute Gasteiger partial charge is 0.354 e. The molecule has 0 saturated carbocycles.